The van der Waals surface area contributed by atoms with Gasteiger partial charge in [-0.15, -0.1) is 11.3 Å². The minimum atomic E-state index is 0.747. The van der Waals surface area contributed by atoms with Gasteiger partial charge in [0.15, 0.2) is 0 Å². The van der Waals surface area contributed by atoms with E-state index >= 15 is 0 Å². The number of aryl methyl sites for hydroxylation is 1. The van der Waals surface area contributed by atoms with Gasteiger partial charge < -0.3 is 5.32 Å². The molecule has 1 rings (SSSR count). The minimum Gasteiger partial charge on any atom is -0.314 e. The predicted molar refractivity (Wildman–Crippen MR) is 78.9 cm³/mol. The first kappa shape index (κ1) is 14.7. The highest BCUT2D eigenvalue weighted by molar-refractivity contribution is 7.09. The van der Waals surface area contributed by atoms with Crippen LogP contribution in [-0.4, -0.2) is 12.6 Å². The Hall–Kier alpha value is -0.340. The molecule has 0 aliphatic heterocycles. The largest absolute Gasteiger partial charge is 0.314 e. The van der Waals surface area contributed by atoms with Crippen LogP contribution in [0.1, 0.15) is 57.2 Å². The monoisotopic (exact) mass is 253 g/mol. The predicted octanol–water partition coefficient (Wildman–Crippen LogP) is 4.63. The smallest absolute Gasteiger partial charge is 0.00644 e. The average molecular weight is 253 g/mol. The molecule has 0 saturated heterocycles. The molecule has 17 heavy (non-hydrogen) atoms. The highest BCUT2D eigenvalue weighted by Crippen LogP contribution is 2.14. The van der Waals surface area contributed by atoms with E-state index in [1.165, 1.54) is 51.5 Å². The van der Waals surface area contributed by atoms with Gasteiger partial charge in [0.05, 0.1) is 0 Å². The fourth-order valence-electron chi connectivity index (χ4n) is 2.12. The molecular weight excluding hydrogens is 226 g/mol. The third-order valence-corrected chi connectivity index (χ3v) is 4.17. The maximum atomic E-state index is 3.63. The van der Waals surface area contributed by atoms with Crippen LogP contribution in [0.5, 0.6) is 0 Å². The quantitative estimate of drug-likeness (QED) is 0.600. The van der Waals surface area contributed by atoms with Gasteiger partial charge in [-0.1, -0.05) is 32.8 Å². The van der Waals surface area contributed by atoms with Crippen LogP contribution in [0.25, 0.3) is 0 Å². The molecule has 0 aliphatic carbocycles. The first-order valence-corrected chi connectivity index (χ1v) is 8.00. The van der Waals surface area contributed by atoms with Crippen LogP contribution < -0.4 is 5.32 Å². The zero-order chi connectivity index (χ0) is 12.3. The van der Waals surface area contributed by atoms with Gasteiger partial charge in [-0.3, -0.25) is 0 Å². The van der Waals surface area contributed by atoms with Crippen molar-refractivity contribution in [2.75, 3.05) is 6.54 Å². The van der Waals surface area contributed by atoms with Crippen LogP contribution in [0.4, 0.5) is 0 Å². The topological polar surface area (TPSA) is 12.0 Å². The lowest BCUT2D eigenvalue weighted by molar-refractivity contribution is 0.446. The van der Waals surface area contributed by atoms with Gasteiger partial charge in [-0.25, -0.2) is 0 Å². The fraction of sp³-hybridized carbons (Fsp3) is 0.733. The molecule has 1 aromatic heterocycles. The molecule has 1 heterocycles. The van der Waals surface area contributed by atoms with Gasteiger partial charge in [0, 0.05) is 10.9 Å². The molecule has 1 nitrogen and oxygen atoms in total. The van der Waals surface area contributed by atoms with Gasteiger partial charge in [-0.05, 0) is 50.1 Å². The number of rotatable bonds is 10. The van der Waals surface area contributed by atoms with Gasteiger partial charge in [-0.2, -0.15) is 0 Å². The van der Waals surface area contributed by atoms with E-state index < -0.39 is 0 Å². The summed E-state index contributed by atoms with van der Waals surface area (Å²) in [7, 11) is 0. The van der Waals surface area contributed by atoms with Gasteiger partial charge >= 0.3 is 0 Å². The van der Waals surface area contributed by atoms with Crippen molar-refractivity contribution in [3.05, 3.63) is 22.4 Å². The van der Waals surface area contributed by atoms with E-state index in [0.717, 1.165) is 6.04 Å². The molecule has 1 atom stereocenters. The zero-order valence-electron chi connectivity index (χ0n) is 11.4. The first-order valence-electron chi connectivity index (χ1n) is 7.12. The maximum Gasteiger partial charge on any atom is 0.00644 e. The van der Waals surface area contributed by atoms with E-state index in [2.05, 4.69) is 36.7 Å². The van der Waals surface area contributed by atoms with Crippen molar-refractivity contribution in [3.63, 3.8) is 0 Å². The van der Waals surface area contributed by atoms with Crippen molar-refractivity contribution in [1.82, 2.24) is 5.32 Å². The Balaban J connectivity index is 1.98. The highest BCUT2D eigenvalue weighted by atomic mass is 32.1. The lowest BCUT2D eigenvalue weighted by atomic mass is 10.0. The van der Waals surface area contributed by atoms with E-state index in [4.69, 9.17) is 0 Å². The van der Waals surface area contributed by atoms with E-state index in [9.17, 15) is 0 Å². The van der Waals surface area contributed by atoms with Crippen LogP contribution in [-0.2, 0) is 6.42 Å². The van der Waals surface area contributed by atoms with E-state index in [-0.39, 0.29) is 0 Å². The second-order valence-electron chi connectivity index (χ2n) is 4.74. The zero-order valence-corrected chi connectivity index (χ0v) is 12.2. The minimum absolute atomic E-state index is 0.747. The van der Waals surface area contributed by atoms with Crippen LogP contribution in [0.3, 0.4) is 0 Å². The second-order valence-corrected chi connectivity index (χ2v) is 5.77. The Labute approximate surface area is 111 Å². The van der Waals surface area contributed by atoms with Crippen molar-refractivity contribution < 1.29 is 0 Å². The summed E-state index contributed by atoms with van der Waals surface area (Å²) in [6.07, 6.45) is 9.24. The summed E-state index contributed by atoms with van der Waals surface area (Å²) >= 11 is 1.89. The lowest BCUT2D eigenvalue weighted by Gasteiger charge is -2.16. The van der Waals surface area contributed by atoms with Gasteiger partial charge in [0.25, 0.3) is 0 Å². The normalized spacial score (nSPS) is 12.8. The van der Waals surface area contributed by atoms with Crippen LogP contribution in [0.15, 0.2) is 17.5 Å². The second kappa shape index (κ2) is 9.67. The summed E-state index contributed by atoms with van der Waals surface area (Å²) < 4.78 is 0. The van der Waals surface area contributed by atoms with E-state index in [0.29, 0.717) is 0 Å². The Morgan fingerprint density at radius 1 is 1.24 bits per heavy atom. The third kappa shape index (κ3) is 6.85. The molecule has 1 N–H and O–H groups in total. The van der Waals surface area contributed by atoms with Gasteiger partial charge in [0.2, 0.25) is 0 Å². The lowest BCUT2D eigenvalue weighted by Crippen LogP contribution is -2.28. The summed E-state index contributed by atoms with van der Waals surface area (Å²) in [5.41, 5.74) is 0. The van der Waals surface area contributed by atoms with Crippen molar-refractivity contribution in [3.8, 4) is 0 Å². The number of hydrogen-bond acceptors (Lipinski definition) is 2. The number of thiophene rings is 1. The summed E-state index contributed by atoms with van der Waals surface area (Å²) in [5.74, 6) is 0. The molecule has 1 aromatic rings. The van der Waals surface area contributed by atoms with Crippen LogP contribution in [0, 0.1) is 0 Å². The molecule has 0 amide bonds. The first-order chi connectivity index (χ1) is 8.36. The number of unbranched alkanes of at least 4 members (excludes halogenated alkanes) is 2. The SMILES string of the molecule is CCCNC(CC)CCCCCc1cccs1. The Kier molecular flexibility index (Phi) is 8.37. The standard InChI is InChI=1S/C15H27NS/c1-3-12-16-14(4-2)9-6-5-7-10-15-11-8-13-17-15/h8,11,13-14,16H,3-7,9-10,12H2,1-2H3. The summed E-state index contributed by atoms with van der Waals surface area (Å²) in [6.45, 7) is 5.70. The summed E-state index contributed by atoms with van der Waals surface area (Å²) in [5, 5.41) is 5.80. The fourth-order valence-corrected chi connectivity index (χ4v) is 2.87. The molecule has 1 unspecified atom stereocenters. The Morgan fingerprint density at radius 3 is 2.76 bits per heavy atom. The van der Waals surface area contributed by atoms with E-state index in [1.807, 2.05) is 11.3 Å². The molecule has 0 spiro atoms. The third-order valence-electron chi connectivity index (χ3n) is 3.23. The molecule has 98 valence electrons. The van der Waals surface area contributed by atoms with Crippen LogP contribution in [0.2, 0.25) is 0 Å². The Morgan fingerprint density at radius 2 is 2.12 bits per heavy atom. The number of nitrogens with one attached hydrogen (secondary N) is 1. The molecule has 0 aliphatic rings. The average Bonchev–Trinajstić information content (AvgIpc) is 2.85. The van der Waals surface area contributed by atoms with Crippen molar-refractivity contribution in [2.45, 2.75) is 64.8 Å². The Bertz CT molecular complexity index is 256. The molecule has 0 radical (unpaired) electrons. The van der Waals surface area contributed by atoms with Gasteiger partial charge in [0.1, 0.15) is 0 Å². The highest BCUT2D eigenvalue weighted by Gasteiger charge is 2.04. The molecule has 0 saturated carbocycles. The van der Waals surface area contributed by atoms with E-state index in [1.54, 1.807) is 4.88 Å². The molecule has 0 fully saturated rings. The van der Waals surface area contributed by atoms with Crippen molar-refractivity contribution in [2.24, 2.45) is 0 Å². The molecule has 0 bridgehead atoms. The summed E-state index contributed by atoms with van der Waals surface area (Å²) in [6, 6.07) is 5.15. The molecule has 2 heteroatoms. The van der Waals surface area contributed by atoms with Crippen LogP contribution >= 0.6 is 11.3 Å². The molecule has 0 aromatic carbocycles. The summed E-state index contributed by atoms with van der Waals surface area (Å²) in [4.78, 5) is 1.54. The molecular formula is C15H27NS. The van der Waals surface area contributed by atoms with Crippen molar-refractivity contribution >= 4 is 11.3 Å². The van der Waals surface area contributed by atoms with Crippen molar-refractivity contribution in [1.29, 1.82) is 0 Å². The number of hydrogen-bond donors (Lipinski definition) is 1. The maximum absolute atomic E-state index is 3.63.